The lowest BCUT2D eigenvalue weighted by Crippen LogP contribution is -2.24. The molecular formula is C19H25NO3. The molecule has 1 aromatic carbocycles. The van der Waals surface area contributed by atoms with Crippen molar-refractivity contribution in [2.75, 3.05) is 19.8 Å². The van der Waals surface area contributed by atoms with Crippen molar-refractivity contribution in [3.8, 4) is 0 Å². The summed E-state index contributed by atoms with van der Waals surface area (Å²) >= 11 is 0. The summed E-state index contributed by atoms with van der Waals surface area (Å²) in [6, 6.07) is 8.47. The fourth-order valence-electron chi connectivity index (χ4n) is 3.79. The molecule has 4 heteroatoms. The van der Waals surface area contributed by atoms with Crippen molar-refractivity contribution in [1.82, 2.24) is 4.57 Å². The van der Waals surface area contributed by atoms with Crippen LogP contribution in [0.25, 0.3) is 10.9 Å². The highest BCUT2D eigenvalue weighted by atomic mass is 16.5. The maximum Gasteiger partial charge on any atom is 0.340 e. The molecule has 1 fully saturated rings. The minimum absolute atomic E-state index is 0.223. The van der Waals surface area contributed by atoms with E-state index in [1.165, 1.54) is 0 Å². The van der Waals surface area contributed by atoms with Gasteiger partial charge in [0.1, 0.15) is 0 Å². The molecule has 124 valence electrons. The number of hydrogen-bond donors (Lipinski definition) is 0. The predicted molar refractivity (Wildman–Crippen MR) is 90.9 cm³/mol. The van der Waals surface area contributed by atoms with Crippen molar-refractivity contribution in [3.05, 3.63) is 35.5 Å². The van der Waals surface area contributed by atoms with E-state index in [1.807, 2.05) is 32.0 Å². The van der Waals surface area contributed by atoms with Crippen LogP contribution in [0.3, 0.4) is 0 Å². The molecule has 1 atom stereocenters. The SMILES string of the molecule is CCOC(=O)c1c(C)n(C(C)C2CCOCC2)c2ccccc12. The highest BCUT2D eigenvalue weighted by molar-refractivity contribution is 6.06. The van der Waals surface area contributed by atoms with Gasteiger partial charge in [0.25, 0.3) is 0 Å². The van der Waals surface area contributed by atoms with Crippen LogP contribution in [0.15, 0.2) is 24.3 Å². The molecule has 3 rings (SSSR count). The minimum Gasteiger partial charge on any atom is -0.462 e. The molecule has 1 saturated heterocycles. The van der Waals surface area contributed by atoms with Gasteiger partial charge in [0, 0.05) is 35.9 Å². The van der Waals surface area contributed by atoms with E-state index in [9.17, 15) is 4.79 Å². The first-order valence-corrected chi connectivity index (χ1v) is 8.49. The zero-order valence-electron chi connectivity index (χ0n) is 14.2. The van der Waals surface area contributed by atoms with Crippen LogP contribution < -0.4 is 0 Å². The molecule has 0 N–H and O–H groups in total. The third-order valence-corrected chi connectivity index (χ3v) is 4.99. The van der Waals surface area contributed by atoms with Gasteiger partial charge in [-0.3, -0.25) is 0 Å². The molecule has 2 heterocycles. The zero-order chi connectivity index (χ0) is 16.4. The lowest BCUT2D eigenvalue weighted by atomic mass is 9.92. The Bertz CT molecular complexity index is 698. The Morgan fingerprint density at radius 1 is 1.35 bits per heavy atom. The Morgan fingerprint density at radius 2 is 2.04 bits per heavy atom. The van der Waals surface area contributed by atoms with Crippen molar-refractivity contribution in [2.24, 2.45) is 5.92 Å². The Morgan fingerprint density at radius 3 is 2.74 bits per heavy atom. The van der Waals surface area contributed by atoms with Crippen molar-refractivity contribution in [2.45, 2.75) is 39.7 Å². The summed E-state index contributed by atoms with van der Waals surface area (Å²) in [4.78, 5) is 12.4. The quantitative estimate of drug-likeness (QED) is 0.797. The summed E-state index contributed by atoms with van der Waals surface area (Å²) in [7, 11) is 0. The Hall–Kier alpha value is -1.81. The van der Waals surface area contributed by atoms with Crippen LogP contribution in [0.4, 0.5) is 0 Å². The summed E-state index contributed by atoms with van der Waals surface area (Å²) in [6.07, 6.45) is 2.14. The first-order valence-electron chi connectivity index (χ1n) is 8.49. The maximum absolute atomic E-state index is 12.4. The van der Waals surface area contributed by atoms with Gasteiger partial charge in [0.05, 0.1) is 12.2 Å². The number of esters is 1. The summed E-state index contributed by atoms with van der Waals surface area (Å²) in [5, 5.41) is 0.988. The standard InChI is InChI=1S/C19H25NO3/c1-4-23-19(21)18-14(3)20(17-8-6-5-7-16(17)18)13(2)15-9-11-22-12-10-15/h5-8,13,15H,4,9-12H2,1-3H3. The van der Waals surface area contributed by atoms with Gasteiger partial charge in [-0.15, -0.1) is 0 Å². The van der Waals surface area contributed by atoms with Gasteiger partial charge < -0.3 is 14.0 Å². The van der Waals surface area contributed by atoms with E-state index in [0.29, 0.717) is 24.1 Å². The molecule has 0 radical (unpaired) electrons. The van der Waals surface area contributed by atoms with Crippen molar-refractivity contribution >= 4 is 16.9 Å². The highest BCUT2D eigenvalue weighted by Crippen LogP contribution is 2.35. The fourth-order valence-corrected chi connectivity index (χ4v) is 3.79. The Balaban J connectivity index is 2.09. The Labute approximate surface area is 137 Å². The van der Waals surface area contributed by atoms with Crippen molar-refractivity contribution < 1.29 is 14.3 Å². The van der Waals surface area contributed by atoms with Crippen LogP contribution in [0.2, 0.25) is 0 Å². The highest BCUT2D eigenvalue weighted by Gasteiger charge is 2.27. The molecule has 23 heavy (non-hydrogen) atoms. The normalized spacial score (nSPS) is 17.3. The molecule has 0 spiro atoms. The first kappa shape index (κ1) is 16.1. The number of hydrogen-bond acceptors (Lipinski definition) is 3. The van der Waals surface area contributed by atoms with Crippen molar-refractivity contribution in [3.63, 3.8) is 0 Å². The lowest BCUT2D eigenvalue weighted by Gasteiger charge is -2.30. The lowest BCUT2D eigenvalue weighted by molar-refractivity contribution is 0.0504. The van der Waals surface area contributed by atoms with E-state index in [1.54, 1.807) is 0 Å². The number of benzene rings is 1. The van der Waals surface area contributed by atoms with Gasteiger partial charge in [-0.2, -0.15) is 0 Å². The van der Waals surface area contributed by atoms with Crippen LogP contribution >= 0.6 is 0 Å². The largest absolute Gasteiger partial charge is 0.462 e. The van der Waals surface area contributed by atoms with Gasteiger partial charge in [-0.05, 0) is 45.6 Å². The van der Waals surface area contributed by atoms with Gasteiger partial charge in [0.15, 0.2) is 0 Å². The molecule has 4 nitrogen and oxygen atoms in total. The van der Waals surface area contributed by atoms with Crippen LogP contribution in [-0.2, 0) is 9.47 Å². The average Bonchev–Trinajstić information content (AvgIpc) is 2.87. The average molecular weight is 315 g/mol. The minimum atomic E-state index is -0.223. The number of para-hydroxylation sites is 1. The van der Waals surface area contributed by atoms with Crippen molar-refractivity contribution in [1.29, 1.82) is 0 Å². The summed E-state index contributed by atoms with van der Waals surface area (Å²) in [5.74, 6) is 0.354. The fraction of sp³-hybridized carbons (Fsp3) is 0.526. The molecule has 2 aromatic rings. The molecule has 1 aliphatic rings. The second-order valence-corrected chi connectivity index (χ2v) is 6.26. The van der Waals surface area contributed by atoms with E-state index >= 15 is 0 Å². The first-order chi connectivity index (χ1) is 11.1. The summed E-state index contributed by atoms with van der Waals surface area (Å²) in [5.41, 5.74) is 2.83. The third-order valence-electron chi connectivity index (χ3n) is 4.99. The predicted octanol–water partition coefficient (Wildman–Crippen LogP) is 4.11. The molecule has 1 aromatic heterocycles. The number of fused-ring (bicyclic) bond motifs is 1. The molecule has 1 unspecified atom stereocenters. The molecule has 0 saturated carbocycles. The zero-order valence-corrected chi connectivity index (χ0v) is 14.2. The van der Waals surface area contributed by atoms with Crippen LogP contribution in [0.5, 0.6) is 0 Å². The maximum atomic E-state index is 12.4. The molecule has 0 amide bonds. The van der Waals surface area contributed by atoms with Gasteiger partial charge in [0.2, 0.25) is 0 Å². The van der Waals surface area contributed by atoms with E-state index in [-0.39, 0.29) is 5.97 Å². The van der Waals surface area contributed by atoms with E-state index < -0.39 is 0 Å². The number of aromatic nitrogens is 1. The number of carbonyl (C=O) groups excluding carboxylic acids is 1. The molecule has 1 aliphatic heterocycles. The smallest absolute Gasteiger partial charge is 0.340 e. The summed E-state index contributed by atoms with van der Waals surface area (Å²) < 4.78 is 13.1. The number of rotatable bonds is 4. The van der Waals surface area contributed by atoms with Gasteiger partial charge in [-0.1, -0.05) is 18.2 Å². The second kappa shape index (κ2) is 6.75. The molecular weight excluding hydrogens is 290 g/mol. The second-order valence-electron chi connectivity index (χ2n) is 6.26. The van der Waals surface area contributed by atoms with E-state index in [4.69, 9.17) is 9.47 Å². The summed E-state index contributed by atoms with van der Waals surface area (Å²) in [6.45, 7) is 8.19. The number of ether oxygens (including phenoxy) is 2. The van der Waals surface area contributed by atoms with E-state index in [2.05, 4.69) is 17.6 Å². The van der Waals surface area contributed by atoms with Crippen LogP contribution in [-0.4, -0.2) is 30.4 Å². The third kappa shape index (κ3) is 2.88. The number of carbonyl (C=O) groups is 1. The van der Waals surface area contributed by atoms with Gasteiger partial charge >= 0.3 is 5.97 Å². The van der Waals surface area contributed by atoms with Gasteiger partial charge in [-0.25, -0.2) is 4.79 Å². The molecule has 0 aliphatic carbocycles. The van der Waals surface area contributed by atoms with E-state index in [0.717, 1.165) is 42.7 Å². The van der Waals surface area contributed by atoms with Crippen LogP contribution in [0.1, 0.15) is 48.8 Å². The van der Waals surface area contributed by atoms with Crippen LogP contribution in [0, 0.1) is 12.8 Å². The Kier molecular flexibility index (Phi) is 4.71. The monoisotopic (exact) mass is 315 g/mol. The molecule has 0 bridgehead atoms. The number of nitrogens with zero attached hydrogens (tertiary/aromatic N) is 1. The topological polar surface area (TPSA) is 40.5 Å².